The largest absolute Gasteiger partial charge is 0.454 e. The number of benzene rings is 2. The van der Waals surface area contributed by atoms with Gasteiger partial charge in [-0.15, -0.1) is 0 Å². The Morgan fingerprint density at radius 3 is 2.58 bits per heavy atom. The fourth-order valence-corrected chi connectivity index (χ4v) is 3.58. The van der Waals surface area contributed by atoms with Crippen LogP contribution in [-0.2, 0) is 14.4 Å². The second-order valence-corrected chi connectivity index (χ2v) is 6.95. The van der Waals surface area contributed by atoms with E-state index in [1.165, 1.54) is 0 Å². The Morgan fingerprint density at radius 2 is 1.77 bits per heavy atom. The van der Waals surface area contributed by atoms with Gasteiger partial charge in [0.05, 0.1) is 5.69 Å². The molecule has 8 heteroatoms. The highest BCUT2D eigenvalue weighted by Crippen LogP contribution is 2.40. The Hall–Kier alpha value is -2.87. The number of carbonyl (C=O) groups is 2. The Kier molecular flexibility index (Phi) is 3.30. The molecule has 1 saturated heterocycles. The maximum atomic E-state index is 13.0. The summed E-state index contributed by atoms with van der Waals surface area (Å²) in [6, 6.07) is 12.3. The molecule has 0 N–H and O–H groups in total. The first-order valence-electron chi connectivity index (χ1n) is 7.90. The molecule has 0 spiro atoms. The zero-order valence-corrected chi connectivity index (χ0v) is 14.8. The van der Waals surface area contributed by atoms with Crippen LogP contribution in [0.4, 0.5) is 5.69 Å². The van der Waals surface area contributed by atoms with Gasteiger partial charge < -0.3 is 14.3 Å². The average molecular weight is 415 g/mol. The molecule has 5 rings (SSSR count). The minimum atomic E-state index is -0.938. The summed E-state index contributed by atoms with van der Waals surface area (Å²) in [4.78, 5) is 32.2. The van der Waals surface area contributed by atoms with Crippen LogP contribution in [0.3, 0.4) is 0 Å². The standard InChI is InChI=1S/C18H11BrN2O5/c19-10-3-1-9(2-4-10)15-14-16(26-20-15)18(23)21(17(14)22)11-5-6-12-13(7-11)25-8-24-12/h1-7,14,16H,8H2/t14-,16+/m0/s1. The van der Waals surface area contributed by atoms with E-state index in [1.54, 1.807) is 18.2 Å². The minimum Gasteiger partial charge on any atom is -0.454 e. The summed E-state index contributed by atoms with van der Waals surface area (Å²) < 4.78 is 11.5. The summed E-state index contributed by atoms with van der Waals surface area (Å²) >= 11 is 3.37. The van der Waals surface area contributed by atoms with E-state index >= 15 is 0 Å². The van der Waals surface area contributed by atoms with Crippen molar-refractivity contribution in [3.05, 3.63) is 52.5 Å². The molecule has 0 aromatic heterocycles. The van der Waals surface area contributed by atoms with Crippen molar-refractivity contribution in [2.45, 2.75) is 6.10 Å². The number of hydrogen-bond acceptors (Lipinski definition) is 6. The first-order chi connectivity index (χ1) is 12.6. The van der Waals surface area contributed by atoms with E-state index in [-0.39, 0.29) is 12.7 Å². The lowest BCUT2D eigenvalue weighted by atomic mass is 9.94. The molecule has 1 fully saturated rings. The third-order valence-corrected chi connectivity index (χ3v) is 5.10. The molecular formula is C18H11BrN2O5. The van der Waals surface area contributed by atoms with Crippen LogP contribution in [0.1, 0.15) is 5.56 Å². The van der Waals surface area contributed by atoms with Crippen LogP contribution in [0.15, 0.2) is 52.1 Å². The zero-order chi connectivity index (χ0) is 17.8. The van der Waals surface area contributed by atoms with Gasteiger partial charge in [-0.25, -0.2) is 4.90 Å². The summed E-state index contributed by atoms with van der Waals surface area (Å²) in [6.07, 6.45) is -0.938. The summed E-state index contributed by atoms with van der Waals surface area (Å²) in [6.45, 7) is 0.120. The third kappa shape index (κ3) is 2.15. The quantitative estimate of drug-likeness (QED) is 0.705. The van der Waals surface area contributed by atoms with Gasteiger partial charge in [-0.05, 0) is 24.3 Å². The van der Waals surface area contributed by atoms with Crippen molar-refractivity contribution >= 4 is 39.1 Å². The Morgan fingerprint density at radius 1 is 1.00 bits per heavy atom. The SMILES string of the molecule is O=C1[C@H]2C(c3ccc(Br)cc3)=NO[C@H]2C(=O)N1c1ccc2c(c1)OCO2. The zero-order valence-electron chi connectivity index (χ0n) is 13.2. The van der Waals surface area contributed by atoms with Gasteiger partial charge in [0.25, 0.3) is 5.91 Å². The number of fused-ring (bicyclic) bond motifs is 2. The Bertz CT molecular complexity index is 972. The number of imide groups is 1. The topological polar surface area (TPSA) is 77.4 Å². The van der Waals surface area contributed by atoms with Gasteiger partial charge in [-0.2, -0.15) is 0 Å². The number of ether oxygens (including phenoxy) is 2. The number of anilines is 1. The lowest BCUT2D eigenvalue weighted by Crippen LogP contribution is -2.33. The van der Waals surface area contributed by atoms with Gasteiger partial charge in [-0.3, -0.25) is 9.59 Å². The lowest BCUT2D eigenvalue weighted by molar-refractivity contribution is -0.126. The van der Waals surface area contributed by atoms with E-state index in [0.717, 1.165) is 14.9 Å². The molecule has 0 bridgehead atoms. The second kappa shape index (κ2) is 5.57. The number of amides is 2. The number of rotatable bonds is 2. The van der Waals surface area contributed by atoms with E-state index < -0.39 is 17.9 Å². The number of oxime groups is 1. The van der Waals surface area contributed by atoms with Crippen LogP contribution in [0, 0.1) is 5.92 Å². The number of nitrogens with zero attached hydrogens (tertiary/aromatic N) is 2. The molecule has 0 aliphatic carbocycles. The van der Waals surface area contributed by atoms with Gasteiger partial charge in [0.2, 0.25) is 18.8 Å². The van der Waals surface area contributed by atoms with E-state index in [9.17, 15) is 9.59 Å². The fraction of sp³-hybridized carbons (Fsp3) is 0.167. The number of carbonyl (C=O) groups excluding carboxylic acids is 2. The Balaban J connectivity index is 1.50. The summed E-state index contributed by atoms with van der Waals surface area (Å²) in [5.41, 5.74) is 1.64. The van der Waals surface area contributed by atoms with Gasteiger partial charge in [0, 0.05) is 16.1 Å². The second-order valence-electron chi connectivity index (χ2n) is 6.04. The first kappa shape index (κ1) is 15.4. The summed E-state index contributed by atoms with van der Waals surface area (Å²) in [7, 11) is 0. The number of hydrogen-bond donors (Lipinski definition) is 0. The van der Waals surface area contributed by atoms with Crippen LogP contribution in [-0.4, -0.2) is 30.4 Å². The predicted molar refractivity (Wildman–Crippen MR) is 94.1 cm³/mol. The highest BCUT2D eigenvalue weighted by molar-refractivity contribution is 9.10. The molecule has 2 aromatic rings. The molecule has 2 aromatic carbocycles. The maximum Gasteiger partial charge on any atom is 0.278 e. The van der Waals surface area contributed by atoms with Gasteiger partial charge in [0.15, 0.2) is 11.5 Å². The summed E-state index contributed by atoms with van der Waals surface area (Å²) in [5.74, 6) is -0.467. The lowest BCUT2D eigenvalue weighted by Gasteiger charge is -2.15. The monoisotopic (exact) mass is 414 g/mol. The predicted octanol–water partition coefficient (Wildman–Crippen LogP) is 2.47. The minimum absolute atomic E-state index is 0.120. The van der Waals surface area contributed by atoms with Crippen molar-refractivity contribution in [2.24, 2.45) is 11.1 Å². The van der Waals surface area contributed by atoms with Crippen LogP contribution in [0.25, 0.3) is 0 Å². The van der Waals surface area contributed by atoms with Crippen LogP contribution in [0.2, 0.25) is 0 Å². The maximum absolute atomic E-state index is 13.0. The molecule has 0 unspecified atom stereocenters. The number of halogens is 1. The molecule has 26 heavy (non-hydrogen) atoms. The first-order valence-corrected chi connectivity index (χ1v) is 8.70. The van der Waals surface area contributed by atoms with Crippen molar-refractivity contribution in [3.8, 4) is 11.5 Å². The van der Waals surface area contributed by atoms with E-state index in [0.29, 0.717) is 22.9 Å². The van der Waals surface area contributed by atoms with Crippen molar-refractivity contribution in [1.29, 1.82) is 0 Å². The molecule has 3 heterocycles. The van der Waals surface area contributed by atoms with Gasteiger partial charge in [-0.1, -0.05) is 33.2 Å². The van der Waals surface area contributed by atoms with Crippen LogP contribution >= 0.6 is 15.9 Å². The van der Waals surface area contributed by atoms with E-state index in [1.807, 2.05) is 24.3 Å². The van der Waals surface area contributed by atoms with E-state index in [2.05, 4.69) is 21.1 Å². The molecule has 3 aliphatic heterocycles. The average Bonchev–Trinajstić information content (AvgIpc) is 3.33. The molecule has 7 nitrogen and oxygen atoms in total. The molecule has 130 valence electrons. The summed E-state index contributed by atoms with van der Waals surface area (Å²) in [5, 5.41) is 4.00. The van der Waals surface area contributed by atoms with Gasteiger partial charge >= 0.3 is 0 Å². The molecule has 3 aliphatic rings. The van der Waals surface area contributed by atoms with Crippen LogP contribution in [0.5, 0.6) is 11.5 Å². The molecule has 2 amide bonds. The third-order valence-electron chi connectivity index (χ3n) is 4.57. The smallest absolute Gasteiger partial charge is 0.278 e. The molecule has 0 radical (unpaired) electrons. The van der Waals surface area contributed by atoms with Crippen molar-refractivity contribution in [2.75, 3.05) is 11.7 Å². The van der Waals surface area contributed by atoms with Crippen molar-refractivity contribution in [3.63, 3.8) is 0 Å². The highest BCUT2D eigenvalue weighted by atomic mass is 79.9. The highest BCUT2D eigenvalue weighted by Gasteiger charge is 2.56. The fourth-order valence-electron chi connectivity index (χ4n) is 3.32. The molecular weight excluding hydrogens is 404 g/mol. The van der Waals surface area contributed by atoms with Crippen LogP contribution < -0.4 is 14.4 Å². The Labute approximate surface area is 156 Å². The van der Waals surface area contributed by atoms with Crippen molar-refractivity contribution in [1.82, 2.24) is 0 Å². The van der Waals surface area contributed by atoms with Gasteiger partial charge in [0.1, 0.15) is 11.6 Å². The molecule has 2 atom stereocenters. The molecule has 0 saturated carbocycles. The van der Waals surface area contributed by atoms with E-state index in [4.69, 9.17) is 14.3 Å². The van der Waals surface area contributed by atoms with Crippen molar-refractivity contribution < 1.29 is 23.9 Å². The normalized spacial score (nSPS) is 23.1.